The van der Waals surface area contributed by atoms with Crippen LogP contribution in [0.5, 0.6) is 0 Å². The van der Waals surface area contributed by atoms with Crippen LogP contribution in [0.1, 0.15) is 31.9 Å². The van der Waals surface area contributed by atoms with E-state index in [4.69, 9.17) is 10.5 Å². The van der Waals surface area contributed by atoms with Crippen LogP contribution in [0.4, 0.5) is 10.5 Å². The Morgan fingerprint density at radius 3 is 2.72 bits per heavy atom. The summed E-state index contributed by atoms with van der Waals surface area (Å²) in [4.78, 5) is 11.7. The predicted octanol–water partition coefficient (Wildman–Crippen LogP) is 2.26. The SMILES string of the molecule is CC(C)(C)OC(=O)NC1Cc2cccc(N)c2C1. The Balaban J connectivity index is 1.96. The fourth-order valence-electron chi connectivity index (χ4n) is 2.26. The van der Waals surface area contributed by atoms with E-state index in [0.29, 0.717) is 0 Å². The highest BCUT2D eigenvalue weighted by Gasteiger charge is 2.26. The number of nitrogens with two attached hydrogens (primary N) is 1. The Bertz CT molecular complexity index is 463. The molecule has 18 heavy (non-hydrogen) atoms. The predicted molar refractivity (Wildman–Crippen MR) is 71.4 cm³/mol. The van der Waals surface area contributed by atoms with Crippen molar-refractivity contribution in [2.24, 2.45) is 0 Å². The van der Waals surface area contributed by atoms with Gasteiger partial charge in [-0.05, 0) is 50.8 Å². The van der Waals surface area contributed by atoms with Crippen LogP contribution >= 0.6 is 0 Å². The zero-order valence-electron chi connectivity index (χ0n) is 11.1. The summed E-state index contributed by atoms with van der Waals surface area (Å²) in [5.74, 6) is 0. The van der Waals surface area contributed by atoms with Crippen molar-refractivity contribution in [2.45, 2.75) is 45.3 Å². The van der Waals surface area contributed by atoms with E-state index in [9.17, 15) is 4.79 Å². The van der Waals surface area contributed by atoms with Gasteiger partial charge in [-0.15, -0.1) is 0 Å². The van der Waals surface area contributed by atoms with Crippen molar-refractivity contribution in [3.05, 3.63) is 29.3 Å². The van der Waals surface area contributed by atoms with Crippen molar-refractivity contribution in [1.82, 2.24) is 5.32 Å². The molecule has 0 fully saturated rings. The Kier molecular flexibility index (Phi) is 3.20. The maximum absolute atomic E-state index is 11.7. The average Bonchev–Trinajstić information content (AvgIpc) is 2.58. The lowest BCUT2D eigenvalue weighted by Gasteiger charge is -2.21. The Morgan fingerprint density at radius 2 is 2.11 bits per heavy atom. The van der Waals surface area contributed by atoms with E-state index in [1.807, 2.05) is 32.9 Å². The van der Waals surface area contributed by atoms with Crippen molar-refractivity contribution in [3.8, 4) is 0 Å². The number of benzene rings is 1. The maximum atomic E-state index is 11.7. The molecule has 98 valence electrons. The molecular weight excluding hydrogens is 228 g/mol. The van der Waals surface area contributed by atoms with Crippen LogP contribution in [0.3, 0.4) is 0 Å². The molecule has 4 nitrogen and oxygen atoms in total. The smallest absolute Gasteiger partial charge is 0.407 e. The molecule has 0 saturated heterocycles. The van der Waals surface area contributed by atoms with Gasteiger partial charge in [0.05, 0.1) is 0 Å². The van der Waals surface area contributed by atoms with Gasteiger partial charge in [0.2, 0.25) is 0 Å². The molecule has 0 aromatic heterocycles. The van der Waals surface area contributed by atoms with Gasteiger partial charge in [0.15, 0.2) is 0 Å². The van der Waals surface area contributed by atoms with Crippen molar-refractivity contribution >= 4 is 11.8 Å². The number of carbonyl (C=O) groups excluding carboxylic acids is 1. The summed E-state index contributed by atoms with van der Waals surface area (Å²) in [6.45, 7) is 5.57. The minimum atomic E-state index is -0.464. The lowest BCUT2D eigenvalue weighted by Crippen LogP contribution is -2.39. The third-order valence-electron chi connectivity index (χ3n) is 2.95. The van der Waals surface area contributed by atoms with E-state index in [1.165, 1.54) is 5.56 Å². The fourth-order valence-corrected chi connectivity index (χ4v) is 2.26. The zero-order valence-corrected chi connectivity index (χ0v) is 11.1. The first-order chi connectivity index (χ1) is 8.35. The van der Waals surface area contributed by atoms with Crippen LogP contribution in [0.2, 0.25) is 0 Å². The third kappa shape index (κ3) is 2.94. The standard InChI is InChI=1S/C14H20N2O2/c1-14(2,3)18-13(17)16-10-7-9-5-4-6-12(15)11(9)8-10/h4-6,10H,7-8,15H2,1-3H3,(H,16,17). The zero-order chi connectivity index (χ0) is 13.3. The van der Waals surface area contributed by atoms with Crippen LogP contribution in [-0.2, 0) is 17.6 Å². The molecule has 0 radical (unpaired) electrons. The highest BCUT2D eigenvalue weighted by Crippen LogP contribution is 2.27. The lowest BCUT2D eigenvalue weighted by molar-refractivity contribution is 0.0506. The first-order valence-electron chi connectivity index (χ1n) is 6.21. The first kappa shape index (κ1) is 12.7. The molecule has 0 saturated carbocycles. The van der Waals surface area contributed by atoms with Crippen molar-refractivity contribution in [3.63, 3.8) is 0 Å². The number of rotatable bonds is 1. The molecule has 1 amide bonds. The summed E-state index contributed by atoms with van der Waals surface area (Å²) in [6, 6.07) is 5.99. The van der Waals surface area contributed by atoms with Crippen molar-refractivity contribution < 1.29 is 9.53 Å². The molecule has 1 unspecified atom stereocenters. The molecule has 1 aromatic carbocycles. The van der Waals surface area contributed by atoms with E-state index in [2.05, 4.69) is 11.4 Å². The van der Waals surface area contributed by atoms with Gasteiger partial charge in [-0.3, -0.25) is 0 Å². The molecule has 0 heterocycles. The van der Waals surface area contributed by atoms with E-state index in [1.54, 1.807) is 0 Å². The van der Waals surface area contributed by atoms with Gasteiger partial charge in [-0.25, -0.2) is 4.79 Å². The minimum absolute atomic E-state index is 0.0829. The highest BCUT2D eigenvalue weighted by atomic mass is 16.6. The second-order valence-corrected chi connectivity index (χ2v) is 5.74. The molecule has 0 aliphatic heterocycles. The van der Waals surface area contributed by atoms with Gasteiger partial charge in [-0.1, -0.05) is 12.1 Å². The summed E-state index contributed by atoms with van der Waals surface area (Å²) < 4.78 is 5.25. The highest BCUT2D eigenvalue weighted by molar-refractivity contribution is 5.69. The Morgan fingerprint density at radius 1 is 1.39 bits per heavy atom. The van der Waals surface area contributed by atoms with Crippen LogP contribution in [0.15, 0.2) is 18.2 Å². The lowest BCUT2D eigenvalue weighted by atomic mass is 10.1. The Labute approximate surface area is 108 Å². The second kappa shape index (κ2) is 4.52. The normalized spacial score (nSPS) is 18.3. The number of anilines is 1. The summed E-state index contributed by atoms with van der Waals surface area (Å²) in [6.07, 6.45) is 1.24. The van der Waals surface area contributed by atoms with E-state index in [-0.39, 0.29) is 12.1 Å². The number of fused-ring (bicyclic) bond motifs is 1. The molecular formula is C14H20N2O2. The van der Waals surface area contributed by atoms with Gasteiger partial charge in [0.1, 0.15) is 5.60 Å². The van der Waals surface area contributed by atoms with Gasteiger partial charge in [0, 0.05) is 11.7 Å². The van der Waals surface area contributed by atoms with E-state index in [0.717, 1.165) is 24.1 Å². The molecule has 2 rings (SSSR count). The summed E-state index contributed by atoms with van der Waals surface area (Å²) in [7, 11) is 0. The van der Waals surface area contributed by atoms with Gasteiger partial charge in [-0.2, -0.15) is 0 Å². The number of carbonyl (C=O) groups is 1. The summed E-state index contributed by atoms with van der Waals surface area (Å²) in [5.41, 5.74) is 8.64. The van der Waals surface area contributed by atoms with Gasteiger partial charge in [0.25, 0.3) is 0 Å². The molecule has 1 aliphatic rings. The van der Waals surface area contributed by atoms with Crippen LogP contribution < -0.4 is 11.1 Å². The molecule has 1 atom stereocenters. The van der Waals surface area contributed by atoms with Crippen LogP contribution in [0, 0.1) is 0 Å². The number of nitrogen functional groups attached to an aromatic ring is 1. The van der Waals surface area contributed by atoms with Crippen molar-refractivity contribution in [2.75, 3.05) is 5.73 Å². The monoisotopic (exact) mass is 248 g/mol. The molecule has 1 aliphatic carbocycles. The van der Waals surface area contributed by atoms with Gasteiger partial charge < -0.3 is 15.8 Å². The first-order valence-corrected chi connectivity index (χ1v) is 6.21. The molecule has 1 aromatic rings. The van der Waals surface area contributed by atoms with Crippen LogP contribution in [-0.4, -0.2) is 17.7 Å². The largest absolute Gasteiger partial charge is 0.444 e. The van der Waals surface area contributed by atoms with E-state index < -0.39 is 5.60 Å². The summed E-state index contributed by atoms with van der Waals surface area (Å²) >= 11 is 0. The Hall–Kier alpha value is -1.71. The number of amides is 1. The second-order valence-electron chi connectivity index (χ2n) is 5.74. The minimum Gasteiger partial charge on any atom is -0.444 e. The van der Waals surface area contributed by atoms with E-state index >= 15 is 0 Å². The quantitative estimate of drug-likeness (QED) is 0.749. The molecule has 0 spiro atoms. The molecule has 0 bridgehead atoms. The number of alkyl carbamates (subject to hydrolysis) is 1. The summed E-state index contributed by atoms with van der Waals surface area (Å²) in [5, 5.41) is 2.89. The van der Waals surface area contributed by atoms with Gasteiger partial charge >= 0.3 is 6.09 Å². The number of hydrogen-bond donors (Lipinski definition) is 2. The third-order valence-corrected chi connectivity index (χ3v) is 2.95. The number of ether oxygens (including phenoxy) is 1. The molecule has 3 N–H and O–H groups in total. The fraction of sp³-hybridized carbons (Fsp3) is 0.500. The number of nitrogens with one attached hydrogen (secondary N) is 1. The maximum Gasteiger partial charge on any atom is 0.407 e. The molecule has 4 heteroatoms. The number of hydrogen-bond acceptors (Lipinski definition) is 3. The average molecular weight is 248 g/mol. The van der Waals surface area contributed by atoms with Crippen molar-refractivity contribution in [1.29, 1.82) is 0 Å². The van der Waals surface area contributed by atoms with Crippen LogP contribution in [0.25, 0.3) is 0 Å². The topological polar surface area (TPSA) is 64.3 Å².